The van der Waals surface area contributed by atoms with Crippen LogP contribution in [-0.2, 0) is 22.4 Å². The van der Waals surface area contributed by atoms with Crippen LogP contribution in [0.15, 0.2) is 0 Å². The fourth-order valence-corrected chi connectivity index (χ4v) is 3.97. The van der Waals surface area contributed by atoms with Gasteiger partial charge in [-0.2, -0.15) is 0 Å². The van der Waals surface area contributed by atoms with Crippen LogP contribution < -0.4 is 5.73 Å². The van der Waals surface area contributed by atoms with Crippen molar-refractivity contribution in [3.63, 3.8) is 0 Å². The van der Waals surface area contributed by atoms with Crippen LogP contribution in [0.4, 0.5) is 0 Å². The second kappa shape index (κ2) is 10.7. The number of rotatable bonds is 13. The molecule has 0 aliphatic heterocycles. The molecule has 0 aliphatic rings. The van der Waals surface area contributed by atoms with Crippen molar-refractivity contribution in [2.24, 2.45) is 5.73 Å². The zero-order valence-corrected chi connectivity index (χ0v) is 14.6. The Morgan fingerprint density at radius 2 is 1.60 bits per heavy atom. The van der Waals surface area contributed by atoms with Gasteiger partial charge in [0, 0.05) is 33.4 Å². The summed E-state index contributed by atoms with van der Waals surface area (Å²) in [5.74, 6) is -0.763. The molecule has 1 unspecified atom stereocenters. The number of nitrogens with two attached hydrogens (primary N) is 1. The van der Waals surface area contributed by atoms with Crippen LogP contribution >= 0.6 is 0 Å². The van der Waals surface area contributed by atoms with E-state index < -0.39 is 14.8 Å². The monoisotopic (exact) mass is 309 g/mol. The third-order valence-corrected chi connectivity index (χ3v) is 5.32. The summed E-state index contributed by atoms with van der Waals surface area (Å²) in [6, 6.07) is 0. The molecule has 122 valence electrons. The molecule has 0 bridgehead atoms. The summed E-state index contributed by atoms with van der Waals surface area (Å²) in [6.07, 6.45) is 2.17. The van der Waals surface area contributed by atoms with Crippen molar-refractivity contribution >= 4 is 9.05 Å². The highest BCUT2D eigenvalue weighted by atomic mass is 28.4. The van der Waals surface area contributed by atoms with Crippen LogP contribution in [0.25, 0.3) is 0 Å². The second-order valence-electron chi connectivity index (χ2n) is 4.26. The maximum atomic E-state index is 6.14. The van der Waals surface area contributed by atoms with Crippen LogP contribution in [0.5, 0.6) is 0 Å². The Labute approximate surface area is 124 Å². The zero-order chi connectivity index (χ0) is 15.5. The average Bonchev–Trinajstić information content (AvgIpc) is 2.45. The molecule has 0 aliphatic carbocycles. The quantitative estimate of drug-likeness (QED) is 0.415. The highest BCUT2D eigenvalue weighted by Gasteiger charge is 2.51. The number of hydrogen-bond donors (Lipinski definition) is 1. The highest BCUT2D eigenvalue weighted by molar-refractivity contribution is 6.53. The summed E-state index contributed by atoms with van der Waals surface area (Å²) in [5.41, 5.74) is 5.61. The van der Waals surface area contributed by atoms with Crippen molar-refractivity contribution in [3.05, 3.63) is 0 Å². The minimum atomic E-state index is -3.18. The SMILES string of the molecule is CCOC(CC)(CCCN)O[Si](OC)(OCC)OCC. The smallest absolute Gasteiger partial charge is 0.355 e. The lowest BCUT2D eigenvalue weighted by atomic mass is 10.1. The van der Waals surface area contributed by atoms with Crippen molar-refractivity contribution in [2.45, 2.75) is 52.7 Å². The van der Waals surface area contributed by atoms with Crippen molar-refractivity contribution < 1.29 is 22.4 Å². The van der Waals surface area contributed by atoms with E-state index in [1.165, 1.54) is 0 Å². The lowest BCUT2D eigenvalue weighted by Gasteiger charge is -2.38. The molecule has 0 aromatic heterocycles. The Kier molecular flexibility index (Phi) is 10.7. The molecule has 1 atom stereocenters. The van der Waals surface area contributed by atoms with E-state index in [9.17, 15) is 0 Å². The minimum Gasteiger partial charge on any atom is -0.355 e. The van der Waals surface area contributed by atoms with E-state index in [0.717, 1.165) is 6.42 Å². The first-order chi connectivity index (χ1) is 9.57. The van der Waals surface area contributed by atoms with Gasteiger partial charge < -0.3 is 28.2 Å². The van der Waals surface area contributed by atoms with E-state index in [4.69, 9.17) is 28.2 Å². The van der Waals surface area contributed by atoms with Gasteiger partial charge in [0.15, 0.2) is 5.79 Å². The van der Waals surface area contributed by atoms with E-state index in [-0.39, 0.29) is 0 Å². The van der Waals surface area contributed by atoms with Gasteiger partial charge in [-0.1, -0.05) is 6.92 Å². The lowest BCUT2D eigenvalue weighted by molar-refractivity contribution is -0.230. The van der Waals surface area contributed by atoms with Crippen LogP contribution in [0.3, 0.4) is 0 Å². The summed E-state index contributed by atoms with van der Waals surface area (Å²) in [4.78, 5) is 0. The Hall–Kier alpha value is -0.0231. The molecule has 7 heteroatoms. The Morgan fingerprint density at radius 3 is 1.95 bits per heavy atom. The third-order valence-electron chi connectivity index (χ3n) is 2.91. The minimum absolute atomic E-state index is 0.461. The summed E-state index contributed by atoms with van der Waals surface area (Å²) >= 11 is 0. The zero-order valence-electron chi connectivity index (χ0n) is 13.6. The molecule has 20 heavy (non-hydrogen) atoms. The van der Waals surface area contributed by atoms with Gasteiger partial charge in [-0.25, -0.2) is 0 Å². The second-order valence-corrected chi connectivity index (χ2v) is 6.45. The Balaban J connectivity index is 5.10. The summed E-state index contributed by atoms with van der Waals surface area (Å²) < 4.78 is 28.8. The lowest BCUT2D eigenvalue weighted by Crippen LogP contribution is -2.56. The molecular formula is C13H31NO5Si. The molecule has 0 spiro atoms. The first-order valence-electron chi connectivity index (χ1n) is 7.44. The standard InChI is InChI=1S/C13H31NO5Si/c1-6-13(16-7-2,11-10-12-14)19-20(15-5,17-8-3)18-9-4/h6-12,14H2,1-5H3. The first-order valence-corrected chi connectivity index (χ1v) is 9.08. The van der Waals surface area contributed by atoms with Gasteiger partial charge in [0.05, 0.1) is 0 Å². The molecule has 0 saturated carbocycles. The van der Waals surface area contributed by atoms with Gasteiger partial charge in [-0.15, -0.1) is 0 Å². The topological polar surface area (TPSA) is 72.2 Å². The molecule has 2 N–H and O–H groups in total. The van der Waals surface area contributed by atoms with Crippen LogP contribution in [0.1, 0.15) is 47.0 Å². The maximum absolute atomic E-state index is 6.14. The maximum Gasteiger partial charge on any atom is 0.681 e. The number of ether oxygens (including phenoxy) is 1. The van der Waals surface area contributed by atoms with Gasteiger partial charge >= 0.3 is 9.05 Å². The molecular weight excluding hydrogens is 278 g/mol. The Morgan fingerprint density at radius 1 is 1.00 bits per heavy atom. The van der Waals surface area contributed by atoms with Gasteiger partial charge in [0.1, 0.15) is 0 Å². The largest absolute Gasteiger partial charge is 0.681 e. The van der Waals surface area contributed by atoms with Crippen LogP contribution in [0.2, 0.25) is 0 Å². The van der Waals surface area contributed by atoms with Crippen molar-refractivity contribution in [3.8, 4) is 0 Å². The van der Waals surface area contributed by atoms with E-state index >= 15 is 0 Å². The summed E-state index contributed by atoms with van der Waals surface area (Å²) in [7, 11) is -1.63. The van der Waals surface area contributed by atoms with E-state index in [1.54, 1.807) is 7.11 Å². The van der Waals surface area contributed by atoms with Gasteiger partial charge in [-0.3, -0.25) is 0 Å². The van der Waals surface area contributed by atoms with Crippen molar-refractivity contribution in [2.75, 3.05) is 33.5 Å². The Bertz CT molecular complexity index is 239. The fraction of sp³-hybridized carbons (Fsp3) is 1.00. The third kappa shape index (κ3) is 6.17. The highest BCUT2D eigenvalue weighted by Crippen LogP contribution is 2.29. The van der Waals surface area contributed by atoms with Crippen LogP contribution in [0, 0.1) is 0 Å². The molecule has 6 nitrogen and oxygen atoms in total. The molecule has 0 aromatic rings. The molecule has 0 heterocycles. The molecule has 0 amide bonds. The first kappa shape index (κ1) is 20.0. The predicted octanol–water partition coefficient (Wildman–Crippen LogP) is 2.04. The van der Waals surface area contributed by atoms with Gasteiger partial charge in [0.25, 0.3) is 0 Å². The summed E-state index contributed by atoms with van der Waals surface area (Å²) in [6.45, 7) is 9.78. The molecule has 0 saturated heterocycles. The number of hydrogen-bond acceptors (Lipinski definition) is 6. The van der Waals surface area contributed by atoms with Gasteiger partial charge in [0.2, 0.25) is 0 Å². The molecule has 0 aromatic carbocycles. The van der Waals surface area contributed by atoms with E-state index in [0.29, 0.717) is 39.2 Å². The molecule has 0 fully saturated rings. The fourth-order valence-electron chi connectivity index (χ4n) is 1.98. The van der Waals surface area contributed by atoms with Gasteiger partial charge in [-0.05, 0) is 40.2 Å². The van der Waals surface area contributed by atoms with Crippen molar-refractivity contribution in [1.29, 1.82) is 0 Å². The molecule has 0 radical (unpaired) electrons. The molecule has 0 rings (SSSR count). The normalized spacial score (nSPS) is 15.3. The average molecular weight is 309 g/mol. The van der Waals surface area contributed by atoms with Crippen molar-refractivity contribution in [1.82, 2.24) is 0 Å². The van der Waals surface area contributed by atoms with E-state index in [2.05, 4.69) is 0 Å². The van der Waals surface area contributed by atoms with Crippen LogP contribution in [-0.4, -0.2) is 48.3 Å². The summed E-state index contributed by atoms with van der Waals surface area (Å²) in [5, 5.41) is 0. The van der Waals surface area contributed by atoms with E-state index in [1.807, 2.05) is 27.7 Å². The predicted molar refractivity (Wildman–Crippen MR) is 80.0 cm³/mol.